The molecule has 2 aromatic rings. The highest BCUT2D eigenvalue weighted by atomic mass is 16.5. The van der Waals surface area contributed by atoms with E-state index in [1.165, 1.54) is 0 Å². The minimum Gasteiger partial charge on any atom is -0.496 e. The van der Waals surface area contributed by atoms with Crippen molar-refractivity contribution in [3.05, 3.63) is 41.7 Å². The fourth-order valence-corrected chi connectivity index (χ4v) is 2.22. The number of aryl methyl sites for hydroxylation is 1. The summed E-state index contributed by atoms with van der Waals surface area (Å²) in [4.78, 5) is 14.0. The molecule has 1 heterocycles. The molecule has 0 aliphatic carbocycles. The van der Waals surface area contributed by atoms with E-state index < -0.39 is 0 Å². The number of likely N-dealkylation sites (N-methyl/N-ethyl adjacent to an activating group) is 1. The van der Waals surface area contributed by atoms with Crippen LogP contribution in [0.15, 0.2) is 34.9 Å². The lowest BCUT2D eigenvalue weighted by Gasteiger charge is -2.25. The maximum absolute atomic E-state index is 12.1. The van der Waals surface area contributed by atoms with Crippen molar-refractivity contribution < 1.29 is 14.1 Å². The van der Waals surface area contributed by atoms with Gasteiger partial charge in [0.05, 0.1) is 13.7 Å². The van der Waals surface area contributed by atoms with Gasteiger partial charge < -0.3 is 14.6 Å². The van der Waals surface area contributed by atoms with Gasteiger partial charge in [0.25, 0.3) is 0 Å². The lowest BCUT2D eigenvalue weighted by molar-refractivity contribution is -0.117. The highest BCUT2D eigenvalue weighted by Gasteiger charge is 2.18. The van der Waals surface area contributed by atoms with Crippen LogP contribution in [0.1, 0.15) is 24.3 Å². The summed E-state index contributed by atoms with van der Waals surface area (Å²) in [5.74, 6) is 1.76. The van der Waals surface area contributed by atoms with Gasteiger partial charge in [-0.2, -0.15) is 0 Å². The average Bonchev–Trinajstić information content (AvgIpc) is 2.91. The first-order chi connectivity index (χ1) is 10.5. The molecule has 1 amide bonds. The lowest BCUT2D eigenvalue weighted by Crippen LogP contribution is -2.32. The summed E-state index contributed by atoms with van der Waals surface area (Å²) in [5.41, 5.74) is 1.04. The van der Waals surface area contributed by atoms with Crippen molar-refractivity contribution in [3.63, 3.8) is 0 Å². The summed E-state index contributed by atoms with van der Waals surface area (Å²) in [6.07, 6.45) is 0. The van der Waals surface area contributed by atoms with Gasteiger partial charge in [-0.15, -0.1) is 0 Å². The number of hydrogen-bond donors (Lipinski definition) is 1. The third-order valence-corrected chi connectivity index (χ3v) is 3.54. The minimum absolute atomic E-state index is 0.0425. The Morgan fingerprint density at radius 3 is 2.82 bits per heavy atom. The number of amides is 1. The normalized spacial score (nSPS) is 12.2. The molecule has 0 fully saturated rings. The molecule has 0 aliphatic heterocycles. The van der Waals surface area contributed by atoms with Crippen LogP contribution in [-0.4, -0.2) is 36.7 Å². The van der Waals surface area contributed by atoms with E-state index in [1.807, 2.05) is 43.1 Å². The van der Waals surface area contributed by atoms with Crippen LogP contribution in [0.5, 0.6) is 5.75 Å². The Bertz CT molecular complexity index is 639. The molecule has 0 bridgehead atoms. The van der Waals surface area contributed by atoms with Gasteiger partial charge in [0.1, 0.15) is 11.5 Å². The van der Waals surface area contributed by atoms with Crippen molar-refractivity contribution in [3.8, 4) is 5.75 Å². The molecule has 6 nitrogen and oxygen atoms in total. The number of aromatic nitrogens is 1. The van der Waals surface area contributed by atoms with Crippen molar-refractivity contribution in [2.24, 2.45) is 0 Å². The SMILES string of the molecule is COc1ccccc1[C@H](C)N(C)CC(=O)Nc1cc(C)on1. The smallest absolute Gasteiger partial charge is 0.239 e. The maximum atomic E-state index is 12.1. The summed E-state index contributed by atoms with van der Waals surface area (Å²) in [6, 6.07) is 9.52. The molecule has 0 saturated heterocycles. The van der Waals surface area contributed by atoms with Gasteiger partial charge in [0.2, 0.25) is 5.91 Å². The number of hydrogen-bond acceptors (Lipinski definition) is 5. The number of methoxy groups -OCH3 is 1. The van der Waals surface area contributed by atoms with Crippen LogP contribution in [0.25, 0.3) is 0 Å². The Morgan fingerprint density at radius 1 is 1.45 bits per heavy atom. The Morgan fingerprint density at radius 2 is 2.18 bits per heavy atom. The second-order valence-corrected chi connectivity index (χ2v) is 5.20. The highest BCUT2D eigenvalue weighted by molar-refractivity contribution is 5.91. The van der Waals surface area contributed by atoms with Gasteiger partial charge in [-0.3, -0.25) is 9.69 Å². The molecule has 1 N–H and O–H groups in total. The molecule has 118 valence electrons. The van der Waals surface area contributed by atoms with Crippen molar-refractivity contribution in [1.29, 1.82) is 0 Å². The number of anilines is 1. The number of para-hydroxylation sites is 1. The predicted molar refractivity (Wildman–Crippen MR) is 83.9 cm³/mol. The molecule has 0 spiro atoms. The van der Waals surface area contributed by atoms with Crippen LogP contribution < -0.4 is 10.1 Å². The van der Waals surface area contributed by atoms with E-state index in [2.05, 4.69) is 10.5 Å². The summed E-state index contributed by atoms with van der Waals surface area (Å²) < 4.78 is 10.3. The summed E-state index contributed by atoms with van der Waals surface area (Å²) in [7, 11) is 3.54. The predicted octanol–water partition coefficient (Wildman–Crippen LogP) is 2.62. The van der Waals surface area contributed by atoms with Crippen LogP contribution in [-0.2, 0) is 4.79 Å². The van der Waals surface area contributed by atoms with Crippen molar-refractivity contribution in [2.45, 2.75) is 19.9 Å². The zero-order valence-corrected chi connectivity index (χ0v) is 13.3. The molecule has 0 unspecified atom stereocenters. The number of rotatable bonds is 6. The Balaban J connectivity index is 1.98. The third kappa shape index (κ3) is 3.85. The first kappa shape index (κ1) is 16.0. The van der Waals surface area contributed by atoms with Gasteiger partial charge in [0.15, 0.2) is 5.82 Å². The Labute approximate surface area is 130 Å². The first-order valence-corrected chi connectivity index (χ1v) is 7.07. The number of carbonyl (C=O) groups excluding carboxylic acids is 1. The molecule has 1 atom stereocenters. The van der Waals surface area contributed by atoms with E-state index in [4.69, 9.17) is 9.26 Å². The van der Waals surface area contributed by atoms with E-state index >= 15 is 0 Å². The average molecular weight is 303 g/mol. The van der Waals surface area contributed by atoms with Gasteiger partial charge in [-0.1, -0.05) is 23.4 Å². The van der Waals surface area contributed by atoms with E-state index in [-0.39, 0.29) is 18.5 Å². The minimum atomic E-state index is -0.141. The number of nitrogens with zero attached hydrogens (tertiary/aromatic N) is 2. The van der Waals surface area contributed by atoms with Crippen molar-refractivity contribution in [1.82, 2.24) is 10.1 Å². The molecule has 2 rings (SSSR count). The first-order valence-electron chi connectivity index (χ1n) is 7.07. The second kappa shape index (κ2) is 7.09. The topological polar surface area (TPSA) is 67.6 Å². The number of benzene rings is 1. The van der Waals surface area contributed by atoms with Gasteiger partial charge in [-0.05, 0) is 27.0 Å². The third-order valence-electron chi connectivity index (χ3n) is 3.54. The summed E-state index contributed by atoms with van der Waals surface area (Å²) in [5, 5.41) is 6.46. The van der Waals surface area contributed by atoms with E-state index in [0.717, 1.165) is 11.3 Å². The Kier molecular flexibility index (Phi) is 5.16. The van der Waals surface area contributed by atoms with Crippen LogP contribution in [0, 0.1) is 6.92 Å². The molecule has 1 aromatic carbocycles. The molecular formula is C16H21N3O3. The standard InChI is InChI=1S/C16H21N3O3/c1-11-9-15(18-22-11)17-16(20)10-19(3)12(2)13-7-5-6-8-14(13)21-4/h5-9,12H,10H2,1-4H3,(H,17,18,20)/t12-/m0/s1. The number of carbonyl (C=O) groups is 1. The summed E-state index contributed by atoms with van der Waals surface area (Å²) >= 11 is 0. The zero-order valence-electron chi connectivity index (χ0n) is 13.3. The largest absolute Gasteiger partial charge is 0.496 e. The second-order valence-electron chi connectivity index (χ2n) is 5.20. The molecule has 6 heteroatoms. The Hall–Kier alpha value is -2.34. The monoisotopic (exact) mass is 303 g/mol. The molecule has 1 aromatic heterocycles. The quantitative estimate of drug-likeness (QED) is 0.888. The van der Waals surface area contributed by atoms with E-state index in [1.54, 1.807) is 20.1 Å². The molecule has 22 heavy (non-hydrogen) atoms. The van der Waals surface area contributed by atoms with Crippen molar-refractivity contribution >= 4 is 11.7 Å². The molecule has 0 radical (unpaired) electrons. The van der Waals surface area contributed by atoms with Crippen LogP contribution in [0.3, 0.4) is 0 Å². The fourth-order valence-electron chi connectivity index (χ4n) is 2.22. The zero-order chi connectivity index (χ0) is 16.1. The lowest BCUT2D eigenvalue weighted by atomic mass is 10.1. The highest BCUT2D eigenvalue weighted by Crippen LogP contribution is 2.27. The maximum Gasteiger partial charge on any atom is 0.239 e. The van der Waals surface area contributed by atoms with Crippen LogP contribution >= 0.6 is 0 Å². The fraction of sp³-hybridized carbons (Fsp3) is 0.375. The van der Waals surface area contributed by atoms with E-state index in [9.17, 15) is 4.79 Å². The van der Waals surface area contributed by atoms with Crippen LogP contribution in [0.2, 0.25) is 0 Å². The number of ether oxygens (including phenoxy) is 1. The van der Waals surface area contributed by atoms with E-state index in [0.29, 0.717) is 11.6 Å². The van der Waals surface area contributed by atoms with Crippen molar-refractivity contribution in [2.75, 3.05) is 26.0 Å². The molecule has 0 saturated carbocycles. The number of nitrogens with one attached hydrogen (secondary N) is 1. The van der Waals surface area contributed by atoms with Crippen LogP contribution in [0.4, 0.5) is 5.82 Å². The molecule has 0 aliphatic rings. The van der Waals surface area contributed by atoms with Gasteiger partial charge >= 0.3 is 0 Å². The van der Waals surface area contributed by atoms with Gasteiger partial charge in [0, 0.05) is 17.7 Å². The molecular weight excluding hydrogens is 282 g/mol. The summed E-state index contributed by atoms with van der Waals surface area (Å²) in [6.45, 7) is 4.05. The van der Waals surface area contributed by atoms with Gasteiger partial charge in [-0.25, -0.2) is 0 Å².